The molecule has 3 nitrogen and oxygen atoms in total. The Bertz CT molecular complexity index is 853. The Balaban J connectivity index is 2.24. The molecule has 0 aliphatic carbocycles. The summed E-state index contributed by atoms with van der Waals surface area (Å²) in [7, 11) is 0. The summed E-state index contributed by atoms with van der Waals surface area (Å²) in [5, 5.41) is 8.58. The van der Waals surface area contributed by atoms with Crippen molar-refractivity contribution in [1.29, 1.82) is 0 Å². The van der Waals surface area contributed by atoms with Crippen LogP contribution < -0.4 is 0 Å². The van der Waals surface area contributed by atoms with Crippen LogP contribution in [0.25, 0.3) is 17.1 Å². The maximum absolute atomic E-state index is 6.27. The molecule has 0 spiro atoms. The van der Waals surface area contributed by atoms with Gasteiger partial charge >= 0.3 is 0 Å². The highest BCUT2D eigenvalue weighted by molar-refractivity contribution is 7.71. The molecular formula is C14H8Cl3N3S. The van der Waals surface area contributed by atoms with Crippen LogP contribution in [0.5, 0.6) is 0 Å². The van der Waals surface area contributed by atoms with Gasteiger partial charge in [0.1, 0.15) is 0 Å². The number of aromatic nitrogens is 3. The molecule has 106 valence electrons. The van der Waals surface area contributed by atoms with Gasteiger partial charge in [0.05, 0.1) is 15.7 Å². The maximum Gasteiger partial charge on any atom is 0.200 e. The molecule has 0 atom stereocenters. The molecule has 0 saturated carbocycles. The number of halogens is 3. The van der Waals surface area contributed by atoms with Crippen molar-refractivity contribution < 1.29 is 0 Å². The van der Waals surface area contributed by atoms with E-state index in [2.05, 4.69) is 10.2 Å². The second kappa shape index (κ2) is 5.81. The molecule has 2 aromatic carbocycles. The van der Waals surface area contributed by atoms with E-state index >= 15 is 0 Å². The van der Waals surface area contributed by atoms with Gasteiger partial charge in [0, 0.05) is 10.6 Å². The fourth-order valence-corrected chi connectivity index (χ4v) is 2.73. The largest absolute Gasteiger partial charge is 0.268 e. The predicted molar refractivity (Wildman–Crippen MR) is 89.2 cm³/mol. The van der Waals surface area contributed by atoms with Gasteiger partial charge < -0.3 is 0 Å². The average Bonchev–Trinajstić information content (AvgIpc) is 2.85. The summed E-state index contributed by atoms with van der Waals surface area (Å²) in [6.45, 7) is 0. The minimum absolute atomic E-state index is 0.434. The second-order valence-electron chi connectivity index (χ2n) is 4.27. The van der Waals surface area contributed by atoms with E-state index in [1.54, 1.807) is 22.8 Å². The van der Waals surface area contributed by atoms with Crippen LogP contribution in [-0.4, -0.2) is 14.8 Å². The summed E-state index contributed by atoms with van der Waals surface area (Å²) in [4.78, 5) is 0. The van der Waals surface area contributed by atoms with Crippen LogP contribution in [0.1, 0.15) is 0 Å². The summed E-state index contributed by atoms with van der Waals surface area (Å²) in [5.74, 6) is 0.592. The molecule has 21 heavy (non-hydrogen) atoms. The fourth-order valence-electron chi connectivity index (χ4n) is 1.98. The molecule has 0 unspecified atom stereocenters. The van der Waals surface area contributed by atoms with Crippen molar-refractivity contribution in [2.75, 3.05) is 0 Å². The first kappa shape index (κ1) is 14.6. The van der Waals surface area contributed by atoms with Crippen molar-refractivity contribution in [2.45, 2.75) is 0 Å². The number of aromatic amines is 1. The molecule has 0 fully saturated rings. The zero-order chi connectivity index (χ0) is 15.0. The van der Waals surface area contributed by atoms with E-state index < -0.39 is 0 Å². The molecule has 1 heterocycles. The van der Waals surface area contributed by atoms with E-state index in [4.69, 9.17) is 47.0 Å². The van der Waals surface area contributed by atoms with Crippen LogP contribution in [0.2, 0.25) is 15.1 Å². The second-order valence-corrected chi connectivity index (χ2v) is 5.87. The molecular weight excluding hydrogens is 349 g/mol. The SMILES string of the molecule is S=c1[nH]nc(-c2cccc(Cl)c2Cl)n1-c1ccc(Cl)cc1. The van der Waals surface area contributed by atoms with Gasteiger partial charge in [0.25, 0.3) is 0 Å². The highest BCUT2D eigenvalue weighted by Crippen LogP contribution is 2.33. The zero-order valence-electron chi connectivity index (χ0n) is 10.5. The van der Waals surface area contributed by atoms with Gasteiger partial charge in [0.15, 0.2) is 10.6 Å². The van der Waals surface area contributed by atoms with Crippen LogP contribution in [0, 0.1) is 4.77 Å². The smallest absolute Gasteiger partial charge is 0.200 e. The summed E-state index contributed by atoms with van der Waals surface area (Å²) in [6, 6.07) is 12.7. The number of hydrogen-bond acceptors (Lipinski definition) is 2. The van der Waals surface area contributed by atoms with Crippen molar-refractivity contribution in [1.82, 2.24) is 14.8 Å². The third kappa shape index (κ3) is 2.72. The Morgan fingerprint density at radius 3 is 2.43 bits per heavy atom. The van der Waals surface area contributed by atoms with Crippen molar-refractivity contribution >= 4 is 47.0 Å². The molecule has 0 aliphatic rings. The number of benzene rings is 2. The number of H-pyrrole nitrogens is 1. The van der Waals surface area contributed by atoms with Crippen molar-refractivity contribution in [3.63, 3.8) is 0 Å². The molecule has 3 rings (SSSR count). The number of rotatable bonds is 2. The van der Waals surface area contributed by atoms with Crippen LogP contribution in [0.3, 0.4) is 0 Å². The third-order valence-corrected chi connectivity index (χ3v) is 4.29. The van der Waals surface area contributed by atoms with Crippen LogP contribution in [0.15, 0.2) is 42.5 Å². The molecule has 1 N–H and O–H groups in total. The number of hydrogen-bond donors (Lipinski definition) is 1. The van der Waals surface area contributed by atoms with E-state index in [1.807, 2.05) is 24.3 Å². The highest BCUT2D eigenvalue weighted by Gasteiger charge is 2.15. The number of nitrogens with one attached hydrogen (secondary N) is 1. The van der Waals surface area contributed by atoms with E-state index in [9.17, 15) is 0 Å². The van der Waals surface area contributed by atoms with Gasteiger partial charge in [-0.3, -0.25) is 9.67 Å². The first-order valence-electron chi connectivity index (χ1n) is 5.95. The van der Waals surface area contributed by atoms with Crippen LogP contribution in [-0.2, 0) is 0 Å². The van der Waals surface area contributed by atoms with Gasteiger partial charge in [-0.15, -0.1) is 0 Å². The Morgan fingerprint density at radius 2 is 1.71 bits per heavy atom. The number of nitrogens with zero attached hydrogens (tertiary/aromatic N) is 2. The summed E-state index contributed by atoms with van der Waals surface area (Å²) < 4.78 is 2.24. The average molecular weight is 357 g/mol. The van der Waals surface area contributed by atoms with Crippen molar-refractivity contribution in [3.8, 4) is 17.1 Å². The van der Waals surface area contributed by atoms with E-state index in [0.717, 1.165) is 5.69 Å². The molecule has 0 amide bonds. The Labute approximate surface area is 141 Å². The van der Waals surface area contributed by atoms with Crippen molar-refractivity contribution in [2.24, 2.45) is 0 Å². The zero-order valence-corrected chi connectivity index (χ0v) is 13.6. The molecule has 0 aliphatic heterocycles. The molecule has 0 saturated heterocycles. The van der Waals surface area contributed by atoms with E-state index in [-0.39, 0.29) is 0 Å². The van der Waals surface area contributed by atoms with Crippen LogP contribution in [0.4, 0.5) is 0 Å². The monoisotopic (exact) mass is 355 g/mol. The summed E-state index contributed by atoms with van der Waals surface area (Å²) in [6.07, 6.45) is 0. The van der Waals surface area contributed by atoms with Gasteiger partial charge in [-0.2, -0.15) is 5.10 Å². The van der Waals surface area contributed by atoms with Crippen molar-refractivity contribution in [3.05, 3.63) is 62.3 Å². The Hall–Kier alpha value is -1.33. The normalized spacial score (nSPS) is 10.8. The minimum atomic E-state index is 0.434. The first-order chi connectivity index (χ1) is 10.1. The molecule has 7 heteroatoms. The minimum Gasteiger partial charge on any atom is -0.268 e. The van der Waals surface area contributed by atoms with Gasteiger partial charge in [-0.1, -0.05) is 40.9 Å². The van der Waals surface area contributed by atoms with Gasteiger partial charge in [-0.25, -0.2) is 0 Å². The Morgan fingerprint density at radius 1 is 1.00 bits per heavy atom. The quantitative estimate of drug-likeness (QED) is 0.610. The first-order valence-corrected chi connectivity index (χ1v) is 7.50. The summed E-state index contributed by atoms with van der Waals surface area (Å²) in [5.41, 5.74) is 1.54. The lowest BCUT2D eigenvalue weighted by Gasteiger charge is -2.09. The molecule has 0 bridgehead atoms. The lowest BCUT2D eigenvalue weighted by Crippen LogP contribution is -1.98. The lowest BCUT2D eigenvalue weighted by atomic mass is 10.2. The van der Waals surface area contributed by atoms with Crippen LogP contribution >= 0.6 is 47.0 Å². The molecule has 1 aromatic heterocycles. The Kier molecular flexibility index (Phi) is 4.04. The maximum atomic E-state index is 6.27. The molecule has 3 aromatic rings. The standard InChI is InChI=1S/C14H8Cl3N3S/c15-8-4-6-9(7-5-8)20-13(18-19-14(20)21)10-2-1-3-11(16)12(10)17/h1-7H,(H,19,21). The van der Waals surface area contributed by atoms with E-state index in [1.165, 1.54) is 0 Å². The summed E-state index contributed by atoms with van der Waals surface area (Å²) >= 11 is 23.6. The van der Waals surface area contributed by atoms with E-state index in [0.29, 0.717) is 31.2 Å². The third-order valence-electron chi connectivity index (χ3n) is 2.95. The fraction of sp³-hybridized carbons (Fsp3) is 0. The van der Waals surface area contributed by atoms with Gasteiger partial charge in [0.2, 0.25) is 0 Å². The predicted octanol–water partition coefficient (Wildman–Crippen LogP) is 5.56. The van der Waals surface area contributed by atoms with Gasteiger partial charge in [-0.05, 0) is 48.6 Å². The topological polar surface area (TPSA) is 33.6 Å². The molecule has 0 radical (unpaired) electrons. The highest BCUT2D eigenvalue weighted by atomic mass is 35.5. The lowest BCUT2D eigenvalue weighted by molar-refractivity contribution is 1.04.